The van der Waals surface area contributed by atoms with E-state index in [0.29, 0.717) is 15.6 Å². The molecule has 2 aromatic carbocycles. The highest BCUT2D eigenvalue weighted by atomic mass is 35.5. The van der Waals surface area contributed by atoms with Gasteiger partial charge < -0.3 is 5.32 Å². The van der Waals surface area contributed by atoms with Crippen LogP contribution in [-0.2, 0) is 11.0 Å². The molecular formula is C15H15ClN2O2S. The van der Waals surface area contributed by atoms with Crippen molar-refractivity contribution in [1.29, 1.82) is 0 Å². The van der Waals surface area contributed by atoms with Crippen molar-refractivity contribution in [3.63, 3.8) is 0 Å². The Bertz CT molecular complexity index is 687. The molecule has 2 rings (SSSR count). The lowest BCUT2D eigenvalue weighted by Crippen LogP contribution is -2.30. The molecule has 0 heterocycles. The maximum atomic E-state index is 12.1. The lowest BCUT2D eigenvalue weighted by molar-refractivity contribution is 0.257. The Morgan fingerprint density at radius 3 is 2.33 bits per heavy atom. The molecule has 2 N–H and O–H groups in total. The fourth-order valence-corrected chi connectivity index (χ4v) is 2.60. The molecule has 0 radical (unpaired) electrons. The Morgan fingerprint density at radius 1 is 1.05 bits per heavy atom. The second kappa shape index (κ2) is 6.74. The number of urea groups is 1. The number of carbonyl (C=O) groups excluding carboxylic acids is 1. The molecule has 0 aliphatic rings. The fourth-order valence-electron chi connectivity index (χ4n) is 1.66. The third kappa shape index (κ3) is 4.31. The Morgan fingerprint density at radius 2 is 1.71 bits per heavy atom. The minimum absolute atomic E-state index is 0.533. The van der Waals surface area contributed by atoms with Gasteiger partial charge in [-0.1, -0.05) is 17.7 Å². The van der Waals surface area contributed by atoms with Crippen LogP contribution < -0.4 is 10.0 Å². The summed E-state index contributed by atoms with van der Waals surface area (Å²) in [6.45, 7) is 3.91. The summed E-state index contributed by atoms with van der Waals surface area (Å²) in [4.78, 5) is 12.3. The van der Waals surface area contributed by atoms with Gasteiger partial charge in [0.15, 0.2) is 11.0 Å². The molecule has 0 fully saturated rings. The number of anilines is 1. The smallest absolute Gasteiger partial charge is 0.307 e. The van der Waals surface area contributed by atoms with Crippen molar-refractivity contribution in [3.8, 4) is 0 Å². The monoisotopic (exact) mass is 322 g/mol. The standard InChI is InChI=1S/C15H15ClN2O2S/c1-10-3-8-14(9-11(10)2)21(20)18-15(19)17-13-6-4-12(16)5-7-13/h3-9H,1-2H3,(H2,17,18,19). The van der Waals surface area contributed by atoms with E-state index in [1.54, 1.807) is 36.4 Å². The molecule has 2 aromatic rings. The summed E-state index contributed by atoms with van der Waals surface area (Å²) >= 11 is 5.76. The first-order valence-electron chi connectivity index (χ1n) is 6.28. The maximum Gasteiger partial charge on any atom is 0.331 e. The predicted molar refractivity (Wildman–Crippen MR) is 85.9 cm³/mol. The summed E-state index contributed by atoms with van der Waals surface area (Å²) in [5.74, 6) is 0. The van der Waals surface area contributed by atoms with Crippen LogP contribution >= 0.6 is 11.6 Å². The van der Waals surface area contributed by atoms with Crippen molar-refractivity contribution in [2.75, 3.05) is 5.32 Å². The summed E-state index contributed by atoms with van der Waals surface area (Å²) in [7, 11) is -1.60. The highest BCUT2D eigenvalue weighted by molar-refractivity contribution is 7.83. The molecule has 0 spiro atoms. The van der Waals surface area contributed by atoms with Gasteiger partial charge in [0.05, 0.1) is 4.90 Å². The van der Waals surface area contributed by atoms with Gasteiger partial charge in [0, 0.05) is 10.7 Å². The SMILES string of the molecule is Cc1ccc(S(=O)NC(=O)Nc2ccc(Cl)cc2)cc1C. The molecule has 0 saturated carbocycles. The van der Waals surface area contributed by atoms with E-state index in [9.17, 15) is 9.00 Å². The van der Waals surface area contributed by atoms with Crippen LogP contribution in [0.2, 0.25) is 5.02 Å². The molecular weight excluding hydrogens is 308 g/mol. The first-order chi connectivity index (χ1) is 9.95. The normalized spacial score (nSPS) is 11.8. The van der Waals surface area contributed by atoms with Crippen LogP contribution in [0, 0.1) is 13.8 Å². The maximum absolute atomic E-state index is 12.1. The van der Waals surface area contributed by atoms with Gasteiger partial charge in [-0.25, -0.2) is 9.00 Å². The topological polar surface area (TPSA) is 58.2 Å². The van der Waals surface area contributed by atoms with Gasteiger partial charge in [-0.2, -0.15) is 0 Å². The average Bonchev–Trinajstić information content (AvgIpc) is 2.44. The van der Waals surface area contributed by atoms with Crippen molar-refractivity contribution in [2.24, 2.45) is 0 Å². The van der Waals surface area contributed by atoms with Crippen LogP contribution in [0.3, 0.4) is 0 Å². The van der Waals surface area contributed by atoms with Gasteiger partial charge in [-0.05, 0) is 61.4 Å². The third-order valence-corrected chi connectivity index (χ3v) is 4.28. The third-order valence-electron chi connectivity index (χ3n) is 2.98. The molecule has 1 atom stereocenters. The molecule has 21 heavy (non-hydrogen) atoms. The molecule has 0 saturated heterocycles. The molecule has 0 aromatic heterocycles. The molecule has 4 nitrogen and oxygen atoms in total. The lowest BCUT2D eigenvalue weighted by Gasteiger charge is -2.08. The first-order valence-corrected chi connectivity index (χ1v) is 7.81. The number of aryl methyl sites for hydroxylation is 2. The van der Waals surface area contributed by atoms with E-state index < -0.39 is 17.0 Å². The van der Waals surface area contributed by atoms with E-state index in [4.69, 9.17) is 11.6 Å². The van der Waals surface area contributed by atoms with Gasteiger partial charge in [-0.3, -0.25) is 4.72 Å². The Balaban J connectivity index is 2.00. The van der Waals surface area contributed by atoms with Crippen LogP contribution in [0.1, 0.15) is 11.1 Å². The molecule has 0 aliphatic carbocycles. The predicted octanol–water partition coefficient (Wildman–Crippen LogP) is 3.80. The van der Waals surface area contributed by atoms with Gasteiger partial charge in [-0.15, -0.1) is 0 Å². The van der Waals surface area contributed by atoms with Crippen molar-refractivity contribution < 1.29 is 9.00 Å². The lowest BCUT2D eigenvalue weighted by atomic mass is 10.1. The number of halogens is 1. The van der Waals surface area contributed by atoms with Crippen LogP contribution in [0.4, 0.5) is 10.5 Å². The molecule has 0 bridgehead atoms. The second-order valence-electron chi connectivity index (χ2n) is 4.58. The summed E-state index contributed by atoms with van der Waals surface area (Å²) in [5, 5.41) is 3.18. The molecule has 6 heteroatoms. The van der Waals surface area contributed by atoms with Crippen LogP contribution in [-0.4, -0.2) is 10.2 Å². The van der Waals surface area contributed by atoms with Crippen molar-refractivity contribution >= 4 is 34.3 Å². The molecule has 1 unspecified atom stereocenters. The second-order valence-corrected chi connectivity index (χ2v) is 6.23. The minimum atomic E-state index is -1.60. The van der Waals surface area contributed by atoms with E-state index in [1.165, 1.54) is 0 Å². The van der Waals surface area contributed by atoms with Crippen LogP contribution in [0.5, 0.6) is 0 Å². The molecule has 110 valence electrons. The summed E-state index contributed by atoms with van der Waals surface area (Å²) < 4.78 is 14.5. The minimum Gasteiger partial charge on any atom is -0.307 e. The highest BCUT2D eigenvalue weighted by Crippen LogP contribution is 2.14. The Hall–Kier alpha value is -1.85. The van der Waals surface area contributed by atoms with Crippen LogP contribution in [0.15, 0.2) is 47.4 Å². The molecule has 2 amide bonds. The zero-order chi connectivity index (χ0) is 15.4. The Kier molecular flexibility index (Phi) is 4.98. The van der Waals surface area contributed by atoms with Gasteiger partial charge in [0.1, 0.15) is 0 Å². The number of nitrogens with one attached hydrogen (secondary N) is 2. The molecule has 0 aliphatic heterocycles. The number of carbonyl (C=O) groups is 1. The largest absolute Gasteiger partial charge is 0.331 e. The number of benzene rings is 2. The fraction of sp³-hybridized carbons (Fsp3) is 0.133. The van der Waals surface area contributed by atoms with E-state index in [1.807, 2.05) is 19.9 Å². The summed E-state index contributed by atoms with van der Waals surface area (Å²) in [5.41, 5.74) is 2.72. The summed E-state index contributed by atoms with van der Waals surface area (Å²) in [6, 6.07) is 11.5. The van der Waals surface area contributed by atoms with Crippen molar-refractivity contribution in [2.45, 2.75) is 18.7 Å². The highest BCUT2D eigenvalue weighted by Gasteiger charge is 2.09. The van der Waals surface area contributed by atoms with Gasteiger partial charge >= 0.3 is 6.03 Å². The average molecular weight is 323 g/mol. The van der Waals surface area contributed by atoms with Crippen molar-refractivity contribution in [1.82, 2.24) is 4.72 Å². The number of hydrogen-bond acceptors (Lipinski definition) is 2. The van der Waals surface area contributed by atoms with Gasteiger partial charge in [0.25, 0.3) is 0 Å². The van der Waals surface area contributed by atoms with E-state index in [-0.39, 0.29) is 0 Å². The van der Waals surface area contributed by atoms with Crippen molar-refractivity contribution in [3.05, 3.63) is 58.6 Å². The first kappa shape index (κ1) is 15.5. The zero-order valence-corrected chi connectivity index (χ0v) is 13.2. The van der Waals surface area contributed by atoms with E-state index >= 15 is 0 Å². The Labute approximate surface area is 131 Å². The zero-order valence-electron chi connectivity index (χ0n) is 11.6. The van der Waals surface area contributed by atoms with Gasteiger partial charge in [0.2, 0.25) is 0 Å². The van der Waals surface area contributed by atoms with E-state index in [0.717, 1.165) is 11.1 Å². The number of amides is 2. The summed E-state index contributed by atoms with van der Waals surface area (Å²) in [6.07, 6.45) is 0. The quantitative estimate of drug-likeness (QED) is 0.903. The number of rotatable bonds is 3. The van der Waals surface area contributed by atoms with E-state index in [2.05, 4.69) is 10.0 Å². The van der Waals surface area contributed by atoms with Crippen LogP contribution in [0.25, 0.3) is 0 Å². The number of hydrogen-bond donors (Lipinski definition) is 2.